The molecule has 2 aromatic rings. The number of nitrogens with two attached hydrogens (primary N) is 1. The summed E-state index contributed by atoms with van der Waals surface area (Å²) in [6, 6.07) is 2.12. The summed E-state index contributed by atoms with van der Waals surface area (Å²) in [6.07, 6.45) is 5.27. The minimum atomic E-state index is -3.89. The van der Waals surface area contributed by atoms with Crippen molar-refractivity contribution in [1.29, 1.82) is 0 Å². The lowest BCUT2D eigenvalue weighted by molar-refractivity contribution is -0.145. The highest BCUT2D eigenvalue weighted by molar-refractivity contribution is 7.91. The number of ketones is 1. The first-order valence-corrected chi connectivity index (χ1v) is 22.5. The maximum Gasteiger partial charge on any atom is 0.287 e. The standard InChI is InChI=1S/C37H54N8O10S2/c1-35(2,3)42-57(54,55)26-13-11-24(12-14-26)32(48)40-27(19-23-9-7-6-8-10-23)34(50)44-22-25(45-29(21-39-43-45)36(4,5)51)20-28(44)33(49)41-37(30(46)31(38)47)15-17-56(52,53)18-16-37/h11-14,21,23,25,27-28,42,51H,6-10,15-20,22H2,1-5H3,(H2,38,47)(H,40,48)(H,41,49)/t25?,27-,28?/m1/s1. The smallest absolute Gasteiger partial charge is 0.287 e. The number of primary amides is 1. The fraction of sp³-hybridized carbons (Fsp3) is 0.649. The Morgan fingerprint density at radius 1 is 1.00 bits per heavy atom. The van der Waals surface area contributed by atoms with E-state index in [2.05, 4.69) is 25.7 Å². The molecule has 1 aliphatic carbocycles. The molecule has 5 rings (SSSR count). The number of hydrogen-bond acceptors (Lipinski definition) is 12. The highest BCUT2D eigenvalue weighted by Gasteiger charge is 2.51. The molecular formula is C37H54N8O10S2. The molecule has 2 aliphatic heterocycles. The van der Waals surface area contributed by atoms with Crippen LogP contribution in [0.1, 0.15) is 114 Å². The Morgan fingerprint density at radius 3 is 2.18 bits per heavy atom. The van der Waals surface area contributed by atoms with Crippen LogP contribution in [0, 0.1) is 5.92 Å². The molecule has 1 saturated carbocycles. The summed E-state index contributed by atoms with van der Waals surface area (Å²) in [4.78, 5) is 69.7. The molecule has 2 saturated heterocycles. The molecule has 20 heteroatoms. The van der Waals surface area contributed by atoms with Crippen molar-refractivity contribution in [1.82, 2.24) is 35.2 Å². The average Bonchev–Trinajstić information content (AvgIpc) is 3.80. The molecule has 18 nitrogen and oxygen atoms in total. The van der Waals surface area contributed by atoms with Crippen LogP contribution in [0.15, 0.2) is 35.4 Å². The number of benzene rings is 1. The fourth-order valence-electron chi connectivity index (χ4n) is 7.95. The number of sulfonamides is 1. The molecule has 3 heterocycles. The summed E-state index contributed by atoms with van der Waals surface area (Å²) in [5.74, 6) is -5.51. The molecule has 2 unspecified atom stereocenters. The summed E-state index contributed by atoms with van der Waals surface area (Å²) in [7, 11) is -7.46. The lowest BCUT2D eigenvalue weighted by Gasteiger charge is -2.37. The Bertz CT molecular complexity index is 2070. The lowest BCUT2D eigenvalue weighted by Crippen LogP contribution is -2.64. The van der Waals surface area contributed by atoms with Crippen molar-refractivity contribution >= 4 is 49.3 Å². The number of carbonyl (C=O) groups is 5. The van der Waals surface area contributed by atoms with Crippen molar-refractivity contribution in [3.8, 4) is 0 Å². The third kappa shape index (κ3) is 10.4. The number of sulfone groups is 1. The van der Waals surface area contributed by atoms with Gasteiger partial charge in [0.25, 0.3) is 11.8 Å². The molecule has 57 heavy (non-hydrogen) atoms. The first kappa shape index (κ1) is 43.8. The second-order valence-corrected chi connectivity index (χ2v) is 21.1. The fourth-order valence-corrected chi connectivity index (χ4v) is 10.9. The summed E-state index contributed by atoms with van der Waals surface area (Å²) >= 11 is 0. The van der Waals surface area contributed by atoms with Gasteiger partial charge in [-0.15, -0.1) is 5.10 Å². The van der Waals surface area contributed by atoms with E-state index >= 15 is 0 Å². The zero-order valence-electron chi connectivity index (χ0n) is 33.0. The minimum absolute atomic E-state index is 0.0533. The van der Waals surface area contributed by atoms with E-state index in [4.69, 9.17) is 5.73 Å². The highest BCUT2D eigenvalue weighted by Crippen LogP contribution is 2.35. The largest absolute Gasteiger partial charge is 0.384 e. The van der Waals surface area contributed by atoms with E-state index in [9.17, 15) is 45.9 Å². The second kappa shape index (κ2) is 16.5. The zero-order chi connectivity index (χ0) is 42.1. The number of rotatable bonds is 13. The predicted octanol–water partition coefficient (Wildman–Crippen LogP) is 0.611. The van der Waals surface area contributed by atoms with E-state index in [1.807, 2.05) is 0 Å². The van der Waals surface area contributed by atoms with Crippen molar-refractivity contribution in [2.45, 2.75) is 132 Å². The Morgan fingerprint density at radius 2 is 1.61 bits per heavy atom. The second-order valence-electron chi connectivity index (χ2n) is 17.1. The lowest BCUT2D eigenvalue weighted by atomic mass is 9.84. The number of nitrogens with zero attached hydrogens (tertiary/aromatic N) is 4. The van der Waals surface area contributed by atoms with E-state index in [1.165, 1.54) is 53.9 Å². The molecule has 314 valence electrons. The molecule has 1 aromatic heterocycles. The Balaban J connectivity index is 1.48. The normalized spacial score (nSPS) is 22.0. The number of carbonyl (C=O) groups excluding carboxylic acids is 5. The van der Waals surface area contributed by atoms with Crippen LogP contribution in [0.25, 0.3) is 0 Å². The molecule has 0 bridgehead atoms. The van der Waals surface area contributed by atoms with Crippen molar-refractivity contribution in [3.63, 3.8) is 0 Å². The number of Topliss-reactive ketones (excluding diaryl/α,β-unsaturated/α-hetero) is 1. The Labute approximate surface area is 333 Å². The molecule has 3 atom stereocenters. The summed E-state index contributed by atoms with van der Waals surface area (Å²) < 4.78 is 54.5. The van der Waals surface area contributed by atoms with Gasteiger partial charge in [-0.3, -0.25) is 24.0 Å². The van der Waals surface area contributed by atoms with E-state index in [0.717, 1.165) is 32.1 Å². The molecule has 4 amide bonds. The van der Waals surface area contributed by atoms with Gasteiger partial charge in [0, 0.05) is 24.1 Å². The zero-order valence-corrected chi connectivity index (χ0v) is 34.6. The highest BCUT2D eigenvalue weighted by atomic mass is 32.2. The number of hydrogen-bond donors (Lipinski definition) is 5. The van der Waals surface area contributed by atoms with Gasteiger partial charge in [0.1, 0.15) is 23.2 Å². The van der Waals surface area contributed by atoms with Crippen molar-refractivity contribution in [2.75, 3.05) is 18.1 Å². The first-order chi connectivity index (χ1) is 26.4. The van der Waals surface area contributed by atoms with Crippen LogP contribution in [0.5, 0.6) is 0 Å². The molecular weight excluding hydrogens is 781 g/mol. The summed E-state index contributed by atoms with van der Waals surface area (Å²) in [5.41, 5.74) is 1.68. The molecule has 3 fully saturated rings. The number of aliphatic hydroxyl groups is 1. The quantitative estimate of drug-likeness (QED) is 0.174. The van der Waals surface area contributed by atoms with Gasteiger partial charge in [0.15, 0.2) is 9.84 Å². The number of amides is 4. The van der Waals surface area contributed by atoms with Crippen LogP contribution < -0.4 is 21.1 Å². The van der Waals surface area contributed by atoms with Crippen molar-refractivity contribution in [2.24, 2.45) is 11.7 Å². The van der Waals surface area contributed by atoms with Crippen LogP contribution in [-0.4, -0.2) is 112 Å². The van der Waals surface area contributed by atoms with Gasteiger partial charge in [-0.2, -0.15) is 0 Å². The SMILES string of the molecule is CC(C)(C)NS(=O)(=O)c1ccc(C(=O)N[C@H](CC2CCCCC2)C(=O)N2CC(n3nncc3C(C)(C)O)CC2C(=O)NC2(C(=O)C(N)=O)CCS(=O)(=O)CC2)cc1. The molecule has 0 radical (unpaired) electrons. The van der Waals surface area contributed by atoms with Gasteiger partial charge in [-0.1, -0.05) is 37.3 Å². The summed E-state index contributed by atoms with van der Waals surface area (Å²) in [6.45, 7) is 8.03. The Kier molecular flexibility index (Phi) is 12.7. The van der Waals surface area contributed by atoms with Gasteiger partial charge in [-0.05, 0) is 84.1 Å². The van der Waals surface area contributed by atoms with Gasteiger partial charge in [0.2, 0.25) is 27.6 Å². The van der Waals surface area contributed by atoms with Gasteiger partial charge in [-0.25, -0.2) is 26.2 Å². The van der Waals surface area contributed by atoms with Crippen LogP contribution >= 0.6 is 0 Å². The molecule has 3 aliphatic rings. The monoisotopic (exact) mass is 834 g/mol. The van der Waals surface area contributed by atoms with Gasteiger partial charge in [0.05, 0.1) is 34.3 Å². The number of likely N-dealkylation sites (tertiary alicyclic amines) is 1. The maximum absolute atomic E-state index is 14.8. The van der Waals surface area contributed by atoms with Crippen LogP contribution in [0.3, 0.4) is 0 Å². The average molecular weight is 835 g/mol. The van der Waals surface area contributed by atoms with Crippen molar-refractivity contribution < 1.29 is 45.9 Å². The number of aromatic nitrogens is 3. The van der Waals surface area contributed by atoms with Crippen LogP contribution in [0.4, 0.5) is 0 Å². The Hall–Kier alpha value is -4.27. The van der Waals surface area contributed by atoms with Crippen LogP contribution in [0.2, 0.25) is 0 Å². The van der Waals surface area contributed by atoms with E-state index in [-0.39, 0.29) is 35.8 Å². The topological polar surface area (TPSA) is 270 Å². The van der Waals surface area contributed by atoms with E-state index in [1.54, 1.807) is 20.8 Å². The van der Waals surface area contributed by atoms with E-state index in [0.29, 0.717) is 5.69 Å². The summed E-state index contributed by atoms with van der Waals surface area (Å²) in [5, 5.41) is 24.5. The third-order valence-electron chi connectivity index (χ3n) is 10.9. The van der Waals surface area contributed by atoms with Gasteiger partial charge >= 0.3 is 0 Å². The van der Waals surface area contributed by atoms with Crippen molar-refractivity contribution in [3.05, 3.63) is 41.7 Å². The van der Waals surface area contributed by atoms with Crippen LogP contribution in [-0.2, 0) is 44.6 Å². The van der Waals surface area contributed by atoms with Gasteiger partial charge < -0.3 is 26.4 Å². The minimum Gasteiger partial charge on any atom is -0.384 e. The maximum atomic E-state index is 14.8. The molecule has 0 spiro atoms. The predicted molar refractivity (Wildman–Crippen MR) is 206 cm³/mol. The van der Waals surface area contributed by atoms with E-state index < -0.39 is 108 Å². The third-order valence-corrected chi connectivity index (χ3v) is 14.3. The molecule has 6 N–H and O–H groups in total. The molecule has 1 aromatic carbocycles. The first-order valence-electron chi connectivity index (χ1n) is 19.2. The number of nitrogens with one attached hydrogen (secondary N) is 3.